The van der Waals surface area contributed by atoms with Crippen LogP contribution in [0.2, 0.25) is 10.0 Å². The van der Waals surface area contributed by atoms with Gasteiger partial charge in [0.2, 0.25) is 11.7 Å². The number of carbonyl (C=O) groups excluding carboxylic acids is 2. The Morgan fingerprint density at radius 2 is 1.73 bits per heavy atom. The maximum absolute atomic E-state index is 13.3. The summed E-state index contributed by atoms with van der Waals surface area (Å²) in [7, 11) is 1.66. The zero-order valence-corrected chi connectivity index (χ0v) is 18.8. The Balaban J connectivity index is 1.91. The fourth-order valence-electron chi connectivity index (χ4n) is 3.25. The highest BCUT2D eigenvalue weighted by Crippen LogP contribution is 2.33. The molecule has 0 spiro atoms. The highest BCUT2D eigenvalue weighted by atomic mass is 35.5. The highest BCUT2D eigenvalue weighted by Gasteiger charge is 2.26. The van der Waals surface area contributed by atoms with Gasteiger partial charge >= 0.3 is 0 Å². The summed E-state index contributed by atoms with van der Waals surface area (Å²) in [5, 5.41) is 5.14. The van der Waals surface area contributed by atoms with Crippen LogP contribution in [0.15, 0.2) is 36.4 Å². The third-order valence-corrected chi connectivity index (χ3v) is 5.68. The van der Waals surface area contributed by atoms with Crippen molar-refractivity contribution >= 4 is 34.8 Å². The Morgan fingerprint density at radius 3 is 2.37 bits per heavy atom. The second-order valence-corrected chi connectivity index (χ2v) is 7.82. The molecule has 0 saturated carbocycles. The standard InChI is InChI=1S/C23H22Cl2N2O3/c1-5-16-18(24)11-10-17(21(16)25)22(29)20-14(3)26-27(4)23(20)30-12-19(28)15-8-6-13(2)7-9-15/h6-11H,5,12H2,1-4H3. The van der Waals surface area contributed by atoms with Gasteiger partial charge in [-0.3, -0.25) is 9.59 Å². The van der Waals surface area contributed by atoms with Crippen molar-refractivity contribution in [2.75, 3.05) is 6.61 Å². The number of hydrogen-bond donors (Lipinski definition) is 0. The molecule has 2 aromatic carbocycles. The zero-order valence-electron chi connectivity index (χ0n) is 17.3. The number of Topliss-reactive ketones (excluding diaryl/α,β-unsaturated/α-hetero) is 1. The van der Waals surface area contributed by atoms with Crippen molar-refractivity contribution in [3.63, 3.8) is 0 Å². The zero-order chi connectivity index (χ0) is 22.0. The number of halogens is 2. The molecule has 0 saturated heterocycles. The second-order valence-electron chi connectivity index (χ2n) is 7.04. The number of benzene rings is 2. The molecule has 0 aliphatic heterocycles. The average molecular weight is 445 g/mol. The molecule has 0 N–H and O–H groups in total. The first-order chi connectivity index (χ1) is 14.2. The Morgan fingerprint density at radius 1 is 1.07 bits per heavy atom. The maximum Gasteiger partial charge on any atom is 0.223 e. The summed E-state index contributed by atoms with van der Waals surface area (Å²) >= 11 is 12.7. The van der Waals surface area contributed by atoms with Gasteiger partial charge < -0.3 is 4.74 Å². The third-order valence-electron chi connectivity index (χ3n) is 4.89. The summed E-state index contributed by atoms with van der Waals surface area (Å²) in [6, 6.07) is 10.5. The van der Waals surface area contributed by atoms with E-state index in [1.165, 1.54) is 4.68 Å². The lowest BCUT2D eigenvalue weighted by atomic mass is 10.0. The molecule has 30 heavy (non-hydrogen) atoms. The van der Waals surface area contributed by atoms with Crippen molar-refractivity contribution in [1.82, 2.24) is 9.78 Å². The maximum atomic E-state index is 13.3. The van der Waals surface area contributed by atoms with Gasteiger partial charge in [0, 0.05) is 23.2 Å². The van der Waals surface area contributed by atoms with Crippen LogP contribution < -0.4 is 4.74 Å². The molecular weight excluding hydrogens is 423 g/mol. The van der Waals surface area contributed by atoms with E-state index in [2.05, 4.69) is 5.10 Å². The minimum atomic E-state index is -0.324. The molecule has 5 nitrogen and oxygen atoms in total. The Hall–Kier alpha value is -2.63. The smallest absolute Gasteiger partial charge is 0.223 e. The molecule has 0 radical (unpaired) electrons. The van der Waals surface area contributed by atoms with Crippen LogP contribution in [-0.2, 0) is 13.5 Å². The van der Waals surface area contributed by atoms with E-state index in [0.29, 0.717) is 38.9 Å². The second kappa shape index (κ2) is 9.02. The summed E-state index contributed by atoms with van der Waals surface area (Å²) in [6.07, 6.45) is 0.596. The van der Waals surface area contributed by atoms with Crippen molar-refractivity contribution < 1.29 is 14.3 Å². The number of hydrogen-bond acceptors (Lipinski definition) is 4. The number of rotatable bonds is 7. The van der Waals surface area contributed by atoms with Crippen molar-refractivity contribution in [1.29, 1.82) is 0 Å². The lowest BCUT2D eigenvalue weighted by molar-refractivity contribution is 0.0908. The van der Waals surface area contributed by atoms with E-state index in [4.69, 9.17) is 27.9 Å². The normalized spacial score (nSPS) is 10.9. The van der Waals surface area contributed by atoms with Crippen LogP contribution in [-0.4, -0.2) is 28.0 Å². The van der Waals surface area contributed by atoms with Gasteiger partial charge in [-0.05, 0) is 38.0 Å². The first kappa shape index (κ1) is 22.1. The van der Waals surface area contributed by atoms with E-state index in [1.54, 1.807) is 38.2 Å². The summed E-state index contributed by atoms with van der Waals surface area (Å²) in [5.41, 5.74) is 3.41. The van der Waals surface area contributed by atoms with E-state index in [9.17, 15) is 9.59 Å². The van der Waals surface area contributed by atoms with E-state index in [-0.39, 0.29) is 29.6 Å². The fraction of sp³-hybridized carbons (Fsp3) is 0.261. The molecule has 0 bridgehead atoms. The monoisotopic (exact) mass is 444 g/mol. The van der Waals surface area contributed by atoms with Crippen molar-refractivity contribution in [2.24, 2.45) is 7.05 Å². The Labute approximate surface area is 185 Å². The predicted octanol–water partition coefficient (Wildman–Crippen LogP) is 5.40. The van der Waals surface area contributed by atoms with Crippen LogP contribution >= 0.6 is 23.2 Å². The molecule has 3 aromatic rings. The SMILES string of the molecule is CCc1c(Cl)ccc(C(=O)c2c(C)nn(C)c2OCC(=O)c2ccc(C)cc2)c1Cl. The van der Waals surface area contributed by atoms with Crippen LogP contribution in [0.25, 0.3) is 0 Å². The number of ketones is 2. The summed E-state index contributed by atoms with van der Waals surface area (Å²) in [5.74, 6) is -0.290. The molecule has 1 aromatic heterocycles. The Kier molecular flexibility index (Phi) is 6.64. The van der Waals surface area contributed by atoms with Crippen LogP contribution in [0.5, 0.6) is 5.88 Å². The summed E-state index contributed by atoms with van der Waals surface area (Å²) in [4.78, 5) is 25.8. The van der Waals surface area contributed by atoms with Gasteiger partial charge in [-0.25, -0.2) is 4.68 Å². The van der Waals surface area contributed by atoms with Crippen molar-refractivity contribution in [3.8, 4) is 5.88 Å². The van der Waals surface area contributed by atoms with E-state index in [0.717, 1.165) is 5.56 Å². The molecule has 7 heteroatoms. The number of aromatic nitrogens is 2. The molecule has 0 amide bonds. The highest BCUT2D eigenvalue weighted by molar-refractivity contribution is 6.39. The Bertz CT molecular complexity index is 1120. The van der Waals surface area contributed by atoms with Crippen LogP contribution in [0, 0.1) is 13.8 Å². The molecule has 0 atom stereocenters. The van der Waals surface area contributed by atoms with Gasteiger partial charge in [-0.2, -0.15) is 5.10 Å². The third kappa shape index (κ3) is 4.27. The summed E-state index contributed by atoms with van der Waals surface area (Å²) in [6.45, 7) is 5.37. The summed E-state index contributed by atoms with van der Waals surface area (Å²) < 4.78 is 7.21. The van der Waals surface area contributed by atoms with E-state index >= 15 is 0 Å². The van der Waals surface area contributed by atoms with Crippen LogP contribution in [0.3, 0.4) is 0 Å². The lowest BCUT2D eigenvalue weighted by Gasteiger charge is -2.11. The van der Waals surface area contributed by atoms with Gasteiger partial charge in [0.1, 0.15) is 5.56 Å². The largest absolute Gasteiger partial charge is 0.469 e. The first-order valence-electron chi connectivity index (χ1n) is 9.52. The van der Waals surface area contributed by atoms with Crippen LogP contribution in [0.4, 0.5) is 0 Å². The molecule has 0 fully saturated rings. The molecular formula is C23H22Cl2N2O3. The van der Waals surface area contributed by atoms with Gasteiger partial charge in [0.15, 0.2) is 12.4 Å². The molecule has 0 aliphatic rings. The minimum Gasteiger partial charge on any atom is -0.469 e. The van der Waals surface area contributed by atoms with Gasteiger partial charge in [-0.15, -0.1) is 0 Å². The van der Waals surface area contributed by atoms with E-state index < -0.39 is 0 Å². The van der Waals surface area contributed by atoms with Crippen LogP contribution in [0.1, 0.15) is 50.0 Å². The molecule has 1 heterocycles. The fourth-order valence-corrected chi connectivity index (χ4v) is 3.98. The van der Waals surface area contributed by atoms with Gasteiger partial charge in [-0.1, -0.05) is 60.0 Å². The minimum absolute atomic E-state index is 0.190. The number of carbonyl (C=O) groups is 2. The quantitative estimate of drug-likeness (QED) is 0.457. The molecule has 0 unspecified atom stereocenters. The number of aryl methyl sites for hydroxylation is 3. The molecule has 3 rings (SSSR count). The molecule has 0 aliphatic carbocycles. The number of ether oxygens (including phenoxy) is 1. The van der Waals surface area contributed by atoms with Gasteiger partial charge in [0.25, 0.3) is 0 Å². The topological polar surface area (TPSA) is 61.2 Å². The van der Waals surface area contributed by atoms with Crippen molar-refractivity contribution in [3.05, 3.63) is 80.0 Å². The average Bonchev–Trinajstić information content (AvgIpc) is 2.99. The first-order valence-corrected chi connectivity index (χ1v) is 10.3. The van der Waals surface area contributed by atoms with Crippen molar-refractivity contribution in [2.45, 2.75) is 27.2 Å². The lowest BCUT2D eigenvalue weighted by Crippen LogP contribution is -2.15. The van der Waals surface area contributed by atoms with Gasteiger partial charge in [0.05, 0.1) is 10.7 Å². The predicted molar refractivity (Wildman–Crippen MR) is 118 cm³/mol. The number of nitrogens with zero attached hydrogens (tertiary/aromatic N) is 2. The molecule has 156 valence electrons. The van der Waals surface area contributed by atoms with E-state index in [1.807, 2.05) is 26.0 Å².